The molecule has 0 radical (unpaired) electrons. The van der Waals surface area contributed by atoms with Gasteiger partial charge in [0.05, 0.1) is 6.54 Å². The molecular weight excluding hydrogens is 166 g/mol. The molecule has 0 aromatic rings. The monoisotopic (exact) mass is 187 g/mol. The molecule has 3 nitrogen and oxygen atoms in total. The summed E-state index contributed by atoms with van der Waals surface area (Å²) in [5, 5.41) is 0. The van der Waals surface area contributed by atoms with E-state index < -0.39 is 0 Å². The van der Waals surface area contributed by atoms with Gasteiger partial charge in [0.25, 0.3) is 0 Å². The van der Waals surface area contributed by atoms with Crippen molar-refractivity contribution in [1.82, 2.24) is 4.90 Å². The van der Waals surface area contributed by atoms with E-state index in [1.54, 1.807) is 7.11 Å². The van der Waals surface area contributed by atoms with Crippen molar-refractivity contribution >= 4 is 5.78 Å². The minimum atomic E-state index is 0.336. The highest BCUT2D eigenvalue weighted by molar-refractivity contribution is 5.80. The Morgan fingerprint density at radius 1 is 1.23 bits per heavy atom. The van der Waals surface area contributed by atoms with E-state index in [0.717, 1.165) is 25.9 Å². The minimum Gasteiger partial charge on any atom is -0.385 e. The molecule has 0 aliphatic carbocycles. The van der Waals surface area contributed by atoms with Crippen LogP contribution in [-0.2, 0) is 9.53 Å². The van der Waals surface area contributed by atoms with Gasteiger partial charge < -0.3 is 9.64 Å². The van der Waals surface area contributed by atoms with Gasteiger partial charge in [0.2, 0.25) is 0 Å². The average Bonchev–Trinajstić information content (AvgIpc) is 2.02. The van der Waals surface area contributed by atoms with E-state index in [4.69, 9.17) is 4.74 Å². The van der Waals surface area contributed by atoms with Gasteiger partial charge in [-0.15, -0.1) is 0 Å². The molecule has 0 aromatic carbocycles. The molecule has 0 aliphatic rings. The molecule has 0 N–H and O–H groups in total. The van der Waals surface area contributed by atoms with Crippen LogP contribution in [0.4, 0.5) is 0 Å². The summed E-state index contributed by atoms with van der Waals surface area (Å²) >= 11 is 0. The van der Waals surface area contributed by atoms with E-state index in [9.17, 15) is 4.79 Å². The summed E-state index contributed by atoms with van der Waals surface area (Å²) < 4.78 is 4.92. The van der Waals surface area contributed by atoms with Crippen LogP contribution in [0, 0.1) is 0 Å². The first-order chi connectivity index (χ1) is 6.16. The molecule has 0 unspecified atom stereocenters. The van der Waals surface area contributed by atoms with Crippen molar-refractivity contribution in [2.45, 2.75) is 25.7 Å². The third kappa shape index (κ3) is 9.50. The second-order valence-corrected chi connectivity index (χ2v) is 3.58. The Labute approximate surface area is 81.1 Å². The Kier molecular flexibility index (Phi) is 7.94. The van der Waals surface area contributed by atoms with Crippen molar-refractivity contribution in [2.24, 2.45) is 0 Å². The number of Topliss-reactive ketones (excluding diaryl/α,β-unsaturated/α-hetero) is 1. The number of carbonyl (C=O) groups excluding carboxylic acids is 1. The molecule has 0 saturated heterocycles. The number of nitrogens with zero attached hydrogens (tertiary/aromatic N) is 1. The van der Waals surface area contributed by atoms with E-state index in [-0.39, 0.29) is 0 Å². The van der Waals surface area contributed by atoms with Crippen LogP contribution in [0.15, 0.2) is 0 Å². The van der Waals surface area contributed by atoms with Gasteiger partial charge >= 0.3 is 0 Å². The molecule has 0 amide bonds. The van der Waals surface area contributed by atoms with E-state index in [0.29, 0.717) is 18.7 Å². The van der Waals surface area contributed by atoms with E-state index in [1.165, 1.54) is 0 Å². The van der Waals surface area contributed by atoms with Gasteiger partial charge in [-0.25, -0.2) is 0 Å². The van der Waals surface area contributed by atoms with Crippen LogP contribution in [0.5, 0.6) is 0 Å². The smallest absolute Gasteiger partial charge is 0.146 e. The Morgan fingerprint density at radius 3 is 2.46 bits per heavy atom. The lowest BCUT2D eigenvalue weighted by Gasteiger charge is -2.07. The van der Waals surface area contributed by atoms with E-state index >= 15 is 0 Å². The molecule has 13 heavy (non-hydrogen) atoms. The van der Waals surface area contributed by atoms with Crippen LogP contribution in [0.2, 0.25) is 0 Å². The van der Waals surface area contributed by atoms with E-state index in [2.05, 4.69) is 0 Å². The normalized spacial score (nSPS) is 10.8. The molecule has 0 bridgehead atoms. The molecule has 0 saturated carbocycles. The topological polar surface area (TPSA) is 29.5 Å². The van der Waals surface area contributed by atoms with Gasteiger partial charge in [0.15, 0.2) is 0 Å². The third-order valence-electron chi connectivity index (χ3n) is 1.80. The van der Waals surface area contributed by atoms with Gasteiger partial charge in [0.1, 0.15) is 5.78 Å². The van der Waals surface area contributed by atoms with Gasteiger partial charge in [-0.05, 0) is 26.9 Å². The lowest BCUT2D eigenvalue weighted by atomic mass is 10.1. The SMILES string of the molecule is COCCCCCC(=O)CN(C)C. The summed E-state index contributed by atoms with van der Waals surface area (Å²) in [6.07, 6.45) is 3.86. The maximum atomic E-state index is 11.2. The molecule has 0 atom stereocenters. The number of hydrogen-bond acceptors (Lipinski definition) is 3. The maximum absolute atomic E-state index is 11.2. The van der Waals surface area contributed by atoms with Crippen LogP contribution >= 0.6 is 0 Å². The first-order valence-electron chi connectivity index (χ1n) is 4.82. The molecule has 0 aromatic heterocycles. The summed E-state index contributed by atoms with van der Waals surface area (Å²) in [6.45, 7) is 1.38. The summed E-state index contributed by atoms with van der Waals surface area (Å²) in [5.74, 6) is 0.336. The molecule has 3 heteroatoms. The number of methoxy groups -OCH3 is 1. The molecule has 0 aliphatic heterocycles. The molecule has 0 heterocycles. The van der Waals surface area contributed by atoms with Crippen molar-refractivity contribution in [2.75, 3.05) is 34.4 Å². The Hall–Kier alpha value is -0.410. The number of unbranched alkanes of at least 4 members (excludes halogenated alkanes) is 2. The number of ether oxygens (including phenoxy) is 1. The van der Waals surface area contributed by atoms with Crippen LogP contribution in [-0.4, -0.2) is 45.0 Å². The quantitative estimate of drug-likeness (QED) is 0.537. The van der Waals surface area contributed by atoms with Crippen molar-refractivity contribution in [3.05, 3.63) is 0 Å². The number of carbonyl (C=O) groups is 1. The molecule has 78 valence electrons. The van der Waals surface area contributed by atoms with Gasteiger partial charge in [0, 0.05) is 20.1 Å². The number of rotatable bonds is 8. The largest absolute Gasteiger partial charge is 0.385 e. The van der Waals surface area contributed by atoms with Crippen molar-refractivity contribution < 1.29 is 9.53 Å². The van der Waals surface area contributed by atoms with Gasteiger partial charge in [-0.1, -0.05) is 6.42 Å². The fourth-order valence-corrected chi connectivity index (χ4v) is 1.18. The Bertz CT molecular complexity index is 135. The standard InChI is InChI=1S/C10H21NO2/c1-11(2)9-10(12)7-5-4-6-8-13-3/h4-9H2,1-3H3. The van der Waals surface area contributed by atoms with Gasteiger partial charge in [-0.2, -0.15) is 0 Å². The molecule has 0 fully saturated rings. The lowest BCUT2D eigenvalue weighted by Crippen LogP contribution is -2.21. The van der Waals surface area contributed by atoms with Crippen LogP contribution in [0.1, 0.15) is 25.7 Å². The van der Waals surface area contributed by atoms with Crippen molar-refractivity contribution in [1.29, 1.82) is 0 Å². The fourth-order valence-electron chi connectivity index (χ4n) is 1.18. The number of hydrogen-bond donors (Lipinski definition) is 0. The van der Waals surface area contributed by atoms with Crippen molar-refractivity contribution in [3.8, 4) is 0 Å². The van der Waals surface area contributed by atoms with Crippen LogP contribution in [0.25, 0.3) is 0 Å². The third-order valence-corrected chi connectivity index (χ3v) is 1.80. The zero-order valence-electron chi connectivity index (χ0n) is 9.01. The number of ketones is 1. The fraction of sp³-hybridized carbons (Fsp3) is 0.900. The van der Waals surface area contributed by atoms with Gasteiger partial charge in [-0.3, -0.25) is 4.79 Å². The maximum Gasteiger partial charge on any atom is 0.146 e. The van der Waals surface area contributed by atoms with Crippen LogP contribution < -0.4 is 0 Å². The second kappa shape index (κ2) is 8.20. The highest BCUT2D eigenvalue weighted by atomic mass is 16.5. The second-order valence-electron chi connectivity index (χ2n) is 3.58. The van der Waals surface area contributed by atoms with E-state index in [1.807, 2.05) is 19.0 Å². The predicted molar refractivity (Wildman–Crippen MR) is 53.9 cm³/mol. The summed E-state index contributed by atoms with van der Waals surface area (Å²) in [5.41, 5.74) is 0. The predicted octanol–water partition coefficient (Wildman–Crippen LogP) is 1.32. The highest BCUT2D eigenvalue weighted by Gasteiger charge is 2.02. The zero-order valence-corrected chi connectivity index (χ0v) is 9.01. The molecule has 0 rings (SSSR count). The first kappa shape index (κ1) is 12.6. The summed E-state index contributed by atoms with van der Waals surface area (Å²) in [7, 11) is 5.54. The summed E-state index contributed by atoms with van der Waals surface area (Å²) in [6, 6.07) is 0. The zero-order chi connectivity index (χ0) is 10.1. The van der Waals surface area contributed by atoms with Crippen molar-refractivity contribution in [3.63, 3.8) is 0 Å². The first-order valence-corrected chi connectivity index (χ1v) is 4.82. The van der Waals surface area contributed by atoms with Crippen LogP contribution in [0.3, 0.4) is 0 Å². The molecule has 0 spiro atoms. The highest BCUT2D eigenvalue weighted by Crippen LogP contribution is 2.00. The number of likely N-dealkylation sites (N-methyl/N-ethyl adjacent to an activating group) is 1. The minimum absolute atomic E-state index is 0.336. The Balaban J connectivity index is 3.17. The lowest BCUT2D eigenvalue weighted by molar-refractivity contribution is -0.119. The molecular formula is C10H21NO2. The average molecular weight is 187 g/mol. The summed E-state index contributed by atoms with van der Waals surface area (Å²) in [4.78, 5) is 13.1. The Morgan fingerprint density at radius 2 is 1.92 bits per heavy atom.